The van der Waals surface area contributed by atoms with Crippen molar-refractivity contribution in [3.05, 3.63) is 29.8 Å². The van der Waals surface area contributed by atoms with Gasteiger partial charge in [0, 0.05) is 6.54 Å². The molecule has 0 bridgehead atoms. The molecule has 5 nitrogen and oxygen atoms in total. The summed E-state index contributed by atoms with van der Waals surface area (Å²) in [4.78, 5) is 25.5. The number of methoxy groups -OCH3 is 1. The predicted octanol–water partition coefficient (Wildman–Crippen LogP) is 2.70. The van der Waals surface area contributed by atoms with Crippen LogP contribution in [0.1, 0.15) is 32.3 Å². The number of hydrogen-bond donors (Lipinski definition) is 0. The molecule has 20 heavy (non-hydrogen) atoms. The molecule has 2 rings (SSSR count). The van der Waals surface area contributed by atoms with Crippen LogP contribution in [0.4, 0.5) is 10.5 Å². The predicted molar refractivity (Wildman–Crippen MR) is 74.8 cm³/mol. The topological polar surface area (TPSA) is 55.8 Å². The van der Waals surface area contributed by atoms with Crippen molar-refractivity contribution in [1.82, 2.24) is 0 Å². The highest BCUT2D eigenvalue weighted by atomic mass is 16.6. The Morgan fingerprint density at radius 1 is 1.25 bits per heavy atom. The van der Waals surface area contributed by atoms with Crippen LogP contribution < -0.4 is 4.90 Å². The molecule has 1 heterocycles. The van der Waals surface area contributed by atoms with Crippen molar-refractivity contribution in [3.63, 3.8) is 0 Å². The van der Waals surface area contributed by atoms with Crippen LogP contribution in [0.2, 0.25) is 0 Å². The number of rotatable bonds is 1. The minimum absolute atomic E-state index is 0.251. The molecule has 1 atom stereocenters. The summed E-state index contributed by atoms with van der Waals surface area (Å²) >= 11 is 0. The molecule has 1 aliphatic heterocycles. The number of carbonyl (C=O) groups is 2. The lowest BCUT2D eigenvalue weighted by atomic mass is 10.0. The largest absolute Gasteiger partial charge is 0.468 e. The first-order valence-corrected chi connectivity index (χ1v) is 6.51. The molecule has 5 heteroatoms. The van der Waals surface area contributed by atoms with Crippen LogP contribution >= 0.6 is 0 Å². The van der Waals surface area contributed by atoms with Crippen molar-refractivity contribution >= 4 is 17.7 Å². The van der Waals surface area contributed by atoms with Crippen molar-refractivity contribution in [3.8, 4) is 0 Å². The molecule has 0 N–H and O–H groups in total. The Hall–Kier alpha value is -2.04. The number of benzene rings is 1. The SMILES string of the molecule is COC(=O)[C@H]1CN(C(=O)OC(C)(C)C)c2ccccc21. The molecule has 108 valence electrons. The van der Waals surface area contributed by atoms with Gasteiger partial charge in [-0.15, -0.1) is 0 Å². The Bertz CT molecular complexity index is 533. The van der Waals surface area contributed by atoms with Crippen LogP contribution in [0.15, 0.2) is 24.3 Å². The third-order valence-corrected chi connectivity index (χ3v) is 3.07. The number of ether oxygens (including phenoxy) is 2. The standard InChI is InChI=1S/C15H19NO4/c1-15(2,3)20-14(18)16-9-11(13(17)19-4)10-7-5-6-8-12(10)16/h5-8,11H,9H2,1-4H3/t11-/m0/s1. The number of anilines is 1. The average molecular weight is 277 g/mol. The van der Waals surface area contributed by atoms with Gasteiger partial charge in [-0.2, -0.15) is 0 Å². The van der Waals surface area contributed by atoms with E-state index in [1.54, 1.807) is 0 Å². The van der Waals surface area contributed by atoms with Crippen molar-refractivity contribution in [2.24, 2.45) is 0 Å². The number of esters is 1. The Labute approximate surface area is 118 Å². The van der Waals surface area contributed by atoms with Crippen LogP contribution in [0.3, 0.4) is 0 Å². The first kappa shape index (κ1) is 14.4. The van der Waals surface area contributed by atoms with Crippen LogP contribution in [-0.2, 0) is 14.3 Å². The molecule has 0 fully saturated rings. The summed E-state index contributed by atoms with van der Waals surface area (Å²) in [5.41, 5.74) is 0.928. The fourth-order valence-electron chi connectivity index (χ4n) is 2.24. The molecular formula is C15H19NO4. The van der Waals surface area contributed by atoms with E-state index < -0.39 is 17.6 Å². The van der Waals surface area contributed by atoms with Crippen LogP contribution in [0, 0.1) is 0 Å². The second-order valence-electron chi connectivity index (χ2n) is 5.73. The van der Waals surface area contributed by atoms with Crippen LogP contribution in [0.25, 0.3) is 0 Å². The number of hydrogen-bond acceptors (Lipinski definition) is 4. The third-order valence-electron chi connectivity index (χ3n) is 3.07. The molecule has 0 spiro atoms. The lowest BCUT2D eigenvalue weighted by Crippen LogP contribution is -2.37. The summed E-state index contributed by atoms with van der Waals surface area (Å²) in [6.45, 7) is 5.68. The monoisotopic (exact) mass is 277 g/mol. The zero-order valence-corrected chi connectivity index (χ0v) is 12.2. The normalized spacial score (nSPS) is 17.6. The van der Waals surface area contributed by atoms with Gasteiger partial charge in [0.05, 0.1) is 12.8 Å². The molecule has 0 saturated carbocycles. The Balaban J connectivity index is 2.30. The van der Waals surface area contributed by atoms with Gasteiger partial charge in [0.1, 0.15) is 11.5 Å². The van der Waals surface area contributed by atoms with Crippen molar-refractivity contribution in [2.45, 2.75) is 32.3 Å². The summed E-state index contributed by atoms with van der Waals surface area (Å²) in [5.74, 6) is -0.799. The van der Waals surface area contributed by atoms with E-state index in [-0.39, 0.29) is 12.5 Å². The van der Waals surface area contributed by atoms with Gasteiger partial charge in [-0.3, -0.25) is 9.69 Å². The van der Waals surface area contributed by atoms with Gasteiger partial charge in [-0.25, -0.2) is 4.79 Å². The zero-order chi connectivity index (χ0) is 14.9. The fourth-order valence-corrected chi connectivity index (χ4v) is 2.24. The van der Waals surface area contributed by atoms with E-state index in [1.807, 2.05) is 45.0 Å². The van der Waals surface area contributed by atoms with E-state index in [0.717, 1.165) is 5.56 Å². The number of para-hydroxylation sites is 1. The van der Waals surface area contributed by atoms with Gasteiger partial charge in [0.15, 0.2) is 0 Å². The first-order chi connectivity index (χ1) is 9.33. The molecule has 1 aliphatic rings. The van der Waals surface area contributed by atoms with Crippen molar-refractivity contribution < 1.29 is 19.1 Å². The highest BCUT2D eigenvalue weighted by Gasteiger charge is 2.38. The summed E-state index contributed by atoms with van der Waals surface area (Å²) in [6.07, 6.45) is -0.448. The molecule has 1 aromatic rings. The van der Waals surface area contributed by atoms with E-state index in [1.165, 1.54) is 12.0 Å². The van der Waals surface area contributed by atoms with E-state index in [2.05, 4.69) is 0 Å². The highest BCUT2D eigenvalue weighted by molar-refractivity contribution is 5.95. The summed E-state index contributed by atoms with van der Waals surface area (Å²) < 4.78 is 10.2. The molecule has 0 saturated heterocycles. The van der Waals surface area contributed by atoms with Crippen LogP contribution in [-0.4, -0.2) is 31.3 Å². The second kappa shape index (κ2) is 5.15. The highest BCUT2D eigenvalue weighted by Crippen LogP contribution is 2.37. The smallest absolute Gasteiger partial charge is 0.414 e. The molecule has 0 radical (unpaired) electrons. The van der Waals surface area contributed by atoms with Crippen LogP contribution in [0.5, 0.6) is 0 Å². The van der Waals surface area contributed by atoms with Gasteiger partial charge in [-0.1, -0.05) is 18.2 Å². The molecule has 0 aliphatic carbocycles. The minimum atomic E-state index is -0.574. The number of carbonyl (C=O) groups excluding carboxylic acids is 2. The maximum Gasteiger partial charge on any atom is 0.414 e. The second-order valence-corrected chi connectivity index (χ2v) is 5.73. The maximum absolute atomic E-state index is 12.2. The molecule has 0 aromatic heterocycles. The summed E-state index contributed by atoms with van der Waals surface area (Å²) in [6, 6.07) is 7.31. The van der Waals surface area contributed by atoms with Gasteiger partial charge in [0.2, 0.25) is 0 Å². The Morgan fingerprint density at radius 3 is 2.50 bits per heavy atom. The molecule has 1 amide bonds. The van der Waals surface area contributed by atoms with Gasteiger partial charge in [0.25, 0.3) is 0 Å². The first-order valence-electron chi connectivity index (χ1n) is 6.51. The molecule has 0 unspecified atom stereocenters. The van der Waals surface area contributed by atoms with Crippen molar-refractivity contribution in [1.29, 1.82) is 0 Å². The minimum Gasteiger partial charge on any atom is -0.468 e. The van der Waals surface area contributed by atoms with E-state index in [4.69, 9.17) is 9.47 Å². The number of fused-ring (bicyclic) bond motifs is 1. The average Bonchev–Trinajstić information content (AvgIpc) is 2.75. The molecule has 1 aromatic carbocycles. The van der Waals surface area contributed by atoms with Gasteiger partial charge >= 0.3 is 12.1 Å². The Kier molecular flexibility index (Phi) is 3.70. The van der Waals surface area contributed by atoms with E-state index >= 15 is 0 Å². The zero-order valence-electron chi connectivity index (χ0n) is 12.2. The fraction of sp³-hybridized carbons (Fsp3) is 0.467. The summed E-state index contributed by atoms with van der Waals surface area (Å²) in [7, 11) is 1.35. The van der Waals surface area contributed by atoms with E-state index in [0.29, 0.717) is 5.69 Å². The number of nitrogens with zero attached hydrogens (tertiary/aromatic N) is 1. The van der Waals surface area contributed by atoms with Gasteiger partial charge < -0.3 is 9.47 Å². The maximum atomic E-state index is 12.2. The number of amides is 1. The van der Waals surface area contributed by atoms with Gasteiger partial charge in [-0.05, 0) is 32.4 Å². The third kappa shape index (κ3) is 2.76. The summed E-state index contributed by atoms with van der Waals surface area (Å²) in [5, 5.41) is 0. The molecular weight excluding hydrogens is 258 g/mol. The van der Waals surface area contributed by atoms with E-state index in [9.17, 15) is 9.59 Å². The Morgan fingerprint density at radius 2 is 1.90 bits per heavy atom. The lowest BCUT2D eigenvalue weighted by molar-refractivity contribution is -0.142. The lowest BCUT2D eigenvalue weighted by Gasteiger charge is -2.24. The van der Waals surface area contributed by atoms with Crippen molar-refractivity contribution in [2.75, 3.05) is 18.6 Å². The quantitative estimate of drug-likeness (QED) is 0.741.